The molecule has 0 atom stereocenters. The number of hydrogen-bond donors (Lipinski definition) is 1. The van der Waals surface area contributed by atoms with Crippen molar-refractivity contribution in [1.82, 2.24) is 9.78 Å². The second-order valence-corrected chi connectivity index (χ2v) is 3.04. The van der Waals surface area contributed by atoms with E-state index in [9.17, 15) is 0 Å². The van der Waals surface area contributed by atoms with Crippen LogP contribution in [0.3, 0.4) is 0 Å². The predicted molar refractivity (Wildman–Crippen MR) is 49.8 cm³/mol. The summed E-state index contributed by atoms with van der Waals surface area (Å²) in [5.74, 6) is 0. The van der Waals surface area contributed by atoms with E-state index in [1.54, 1.807) is 6.20 Å². The Morgan fingerprint density at radius 2 is 2.33 bits per heavy atom. The van der Waals surface area contributed by atoms with E-state index < -0.39 is 0 Å². The molecule has 3 nitrogen and oxygen atoms in total. The summed E-state index contributed by atoms with van der Waals surface area (Å²) in [6, 6.07) is 0.344. The fourth-order valence-corrected chi connectivity index (χ4v) is 1.26. The van der Waals surface area contributed by atoms with E-state index in [-0.39, 0.29) is 6.61 Å². The lowest BCUT2D eigenvalue weighted by Crippen LogP contribution is -2.27. The van der Waals surface area contributed by atoms with Crippen LogP contribution in [0.4, 0.5) is 0 Å². The molecule has 1 rings (SSSR count). The van der Waals surface area contributed by atoms with Gasteiger partial charge in [-0.15, -0.1) is 0 Å². The van der Waals surface area contributed by atoms with E-state index in [0.29, 0.717) is 6.04 Å². The van der Waals surface area contributed by atoms with E-state index >= 15 is 0 Å². The van der Waals surface area contributed by atoms with Crippen LogP contribution in [0.5, 0.6) is 0 Å². The van der Waals surface area contributed by atoms with Crippen molar-refractivity contribution in [2.24, 2.45) is 0 Å². The Hall–Kier alpha value is -0.765. The van der Waals surface area contributed by atoms with Gasteiger partial charge in [-0.3, -0.25) is 4.68 Å². The smallest absolute Gasteiger partial charge is 0.174 e. The molecule has 0 bridgehead atoms. The third kappa shape index (κ3) is 1.53. The Morgan fingerprint density at radius 1 is 1.67 bits per heavy atom. The highest BCUT2D eigenvalue weighted by molar-refractivity contribution is 6.51. The Kier molecular flexibility index (Phi) is 2.92. The van der Waals surface area contributed by atoms with Gasteiger partial charge in [0.1, 0.15) is 0 Å². The minimum absolute atomic E-state index is 0.0619. The van der Waals surface area contributed by atoms with Crippen molar-refractivity contribution in [2.45, 2.75) is 33.3 Å². The van der Waals surface area contributed by atoms with Crippen molar-refractivity contribution < 1.29 is 5.11 Å². The molecule has 4 heteroatoms. The number of aliphatic hydroxyl groups excluding tert-OH is 1. The highest BCUT2D eigenvalue weighted by Gasteiger charge is 2.09. The fraction of sp³-hybridized carbons (Fsp3) is 0.625. The maximum Gasteiger partial charge on any atom is 0.174 e. The average Bonchev–Trinajstić information content (AvgIpc) is 2.46. The van der Waals surface area contributed by atoms with Crippen molar-refractivity contribution in [3.8, 4) is 0 Å². The zero-order chi connectivity index (χ0) is 9.14. The molecule has 0 spiro atoms. The summed E-state index contributed by atoms with van der Waals surface area (Å²) in [4.78, 5) is 0. The second kappa shape index (κ2) is 3.76. The van der Waals surface area contributed by atoms with Crippen LogP contribution in [-0.2, 0) is 6.61 Å². The normalized spacial score (nSPS) is 10.8. The Bertz CT molecular complexity index is 258. The quantitative estimate of drug-likeness (QED) is 0.655. The maximum atomic E-state index is 8.97. The number of rotatable bonds is 3. The van der Waals surface area contributed by atoms with Gasteiger partial charge in [0.05, 0.1) is 12.8 Å². The van der Waals surface area contributed by atoms with E-state index in [1.165, 1.54) is 0 Å². The minimum atomic E-state index is 0.0619. The lowest BCUT2D eigenvalue weighted by atomic mass is 9.75. The molecule has 1 aromatic rings. The van der Waals surface area contributed by atoms with Crippen LogP contribution in [0, 0.1) is 0 Å². The first-order valence-electron chi connectivity index (χ1n) is 4.17. The third-order valence-corrected chi connectivity index (χ3v) is 1.85. The molecule has 0 aliphatic rings. The van der Waals surface area contributed by atoms with Crippen molar-refractivity contribution >= 4 is 12.9 Å². The van der Waals surface area contributed by atoms with Crippen molar-refractivity contribution in [3.63, 3.8) is 0 Å². The van der Waals surface area contributed by atoms with Crippen molar-refractivity contribution in [2.75, 3.05) is 0 Å². The SMILES string of the molecule is C[B]c1c(CO)cnn1C(C)C. The summed E-state index contributed by atoms with van der Waals surface area (Å²) >= 11 is 0. The van der Waals surface area contributed by atoms with Crippen LogP contribution in [0.15, 0.2) is 6.20 Å². The molecule has 1 N–H and O–H groups in total. The first-order chi connectivity index (χ1) is 5.70. The van der Waals surface area contributed by atoms with Gasteiger partial charge in [0.2, 0.25) is 0 Å². The molecular formula is C8H14BN2O. The number of hydrogen-bond acceptors (Lipinski definition) is 2. The third-order valence-electron chi connectivity index (χ3n) is 1.85. The standard InChI is InChI=1S/C8H14BN2O/c1-6(2)11-8(9-3)7(5-12)4-10-11/h4,6,12H,5H2,1-3H3. The van der Waals surface area contributed by atoms with Crippen LogP contribution in [-0.4, -0.2) is 22.2 Å². The minimum Gasteiger partial charge on any atom is -0.392 e. The Labute approximate surface area is 73.6 Å². The molecule has 0 aliphatic heterocycles. The predicted octanol–water partition coefficient (Wildman–Crippen LogP) is 0.334. The van der Waals surface area contributed by atoms with Crippen molar-refractivity contribution in [3.05, 3.63) is 11.8 Å². The van der Waals surface area contributed by atoms with Crippen LogP contribution in [0.25, 0.3) is 0 Å². The van der Waals surface area contributed by atoms with E-state index in [1.807, 2.05) is 18.8 Å². The van der Waals surface area contributed by atoms with Crippen LogP contribution < -0.4 is 5.59 Å². The van der Waals surface area contributed by atoms with Crippen LogP contribution >= 0.6 is 0 Å². The van der Waals surface area contributed by atoms with Crippen molar-refractivity contribution in [1.29, 1.82) is 0 Å². The second-order valence-electron chi connectivity index (χ2n) is 3.04. The molecule has 12 heavy (non-hydrogen) atoms. The van der Waals surface area contributed by atoms with E-state index in [2.05, 4.69) is 18.9 Å². The molecule has 1 heterocycles. The molecule has 0 fully saturated rings. The van der Waals surface area contributed by atoms with Gasteiger partial charge in [0.25, 0.3) is 0 Å². The Morgan fingerprint density at radius 3 is 2.75 bits per heavy atom. The highest BCUT2D eigenvalue weighted by Crippen LogP contribution is 2.02. The molecule has 0 unspecified atom stereocenters. The lowest BCUT2D eigenvalue weighted by molar-refractivity contribution is 0.282. The molecule has 0 aromatic carbocycles. The van der Waals surface area contributed by atoms with Gasteiger partial charge in [-0.25, -0.2) is 0 Å². The summed E-state index contributed by atoms with van der Waals surface area (Å²) in [6.45, 7) is 6.16. The summed E-state index contributed by atoms with van der Waals surface area (Å²) in [6.07, 6.45) is 1.72. The molecule has 0 aliphatic carbocycles. The zero-order valence-corrected chi connectivity index (χ0v) is 7.78. The maximum absolute atomic E-state index is 8.97. The van der Waals surface area contributed by atoms with E-state index in [4.69, 9.17) is 5.11 Å². The van der Waals surface area contributed by atoms with Gasteiger partial charge in [0.15, 0.2) is 7.28 Å². The number of aliphatic hydroxyl groups is 1. The van der Waals surface area contributed by atoms with Gasteiger partial charge in [-0.05, 0) is 19.4 Å². The molecule has 0 amide bonds. The first kappa shape index (κ1) is 9.32. The molecule has 65 valence electrons. The lowest BCUT2D eigenvalue weighted by Gasteiger charge is -2.10. The molecule has 0 saturated carbocycles. The molecule has 0 saturated heterocycles. The van der Waals surface area contributed by atoms with Gasteiger partial charge in [-0.2, -0.15) is 5.10 Å². The molecule has 1 radical (unpaired) electrons. The number of nitrogens with zero attached hydrogens (tertiary/aromatic N) is 2. The zero-order valence-electron chi connectivity index (χ0n) is 7.78. The number of aromatic nitrogens is 2. The molecule has 1 aromatic heterocycles. The van der Waals surface area contributed by atoms with Gasteiger partial charge in [-0.1, -0.05) is 6.82 Å². The van der Waals surface area contributed by atoms with Crippen LogP contribution in [0.2, 0.25) is 6.82 Å². The monoisotopic (exact) mass is 165 g/mol. The van der Waals surface area contributed by atoms with E-state index in [0.717, 1.165) is 11.2 Å². The summed E-state index contributed by atoms with van der Waals surface area (Å²) in [5, 5.41) is 13.2. The summed E-state index contributed by atoms with van der Waals surface area (Å²) in [5.41, 5.74) is 1.92. The first-order valence-corrected chi connectivity index (χ1v) is 4.17. The average molecular weight is 165 g/mol. The van der Waals surface area contributed by atoms with Gasteiger partial charge < -0.3 is 5.11 Å². The Balaban J connectivity index is 3.05. The van der Waals surface area contributed by atoms with Crippen LogP contribution in [0.1, 0.15) is 25.5 Å². The highest BCUT2D eigenvalue weighted by atomic mass is 16.3. The van der Waals surface area contributed by atoms with Gasteiger partial charge >= 0.3 is 0 Å². The summed E-state index contributed by atoms with van der Waals surface area (Å²) in [7, 11) is 1.97. The topological polar surface area (TPSA) is 38.1 Å². The summed E-state index contributed by atoms with van der Waals surface area (Å²) < 4.78 is 1.91. The largest absolute Gasteiger partial charge is 0.392 e. The molecular weight excluding hydrogens is 151 g/mol. The fourth-order valence-electron chi connectivity index (χ4n) is 1.26. The van der Waals surface area contributed by atoms with Gasteiger partial charge in [0, 0.05) is 11.6 Å².